The molecule has 8 nitrogen and oxygen atoms in total. The van der Waals surface area contributed by atoms with Crippen molar-refractivity contribution in [3.63, 3.8) is 0 Å². The maximum Gasteiger partial charge on any atom is 0.253 e. The van der Waals surface area contributed by atoms with E-state index in [1.165, 1.54) is 0 Å². The van der Waals surface area contributed by atoms with Crippen molar-refractivity contribution < 1.29 is 19.1 Å². The highest BCUT2D eigenvalue weighted by Crippen LogP contribution is 2.15. The lowest BCUT2D eigenvalue weighted by Gasteiger charge is -2.21. The van der Waals surface area contributed by atoms with Crippen molar-refractivity contribution in [1.82, 2.24) is 10.2 Å². The van der Waals surface area contributed by atoms with Gasteiger partial charge in [-0.15, -0.1) is 0 Å². The Morgan fingerprint density at radius 1 is 0.971 bits per heavy atom. The fraction of sp³-hybridized carbons (Fsp3) is 0.444. The van der Waals surface area contributed by atoms with Crippen LogP contribution in [0.3, 0.4) is 0 Å². The molecule has 35 heavy (non-hydrogen) atoms. The lowest BCUT2D eigenvalue weighted by atomic mass is 10.1. The number of rotatable bonds is 12. The molecule has 2 aromatic carbocycles. The Hall–Kier alpha value is -3.39. The van der Waals surface area contributed by atoms with Gasteiger partial charge in [-0.25, -0.2) is 0 Å². The number of anilines is 2. The minimum atomic E-state index is -0.230. The highest BCUT2D eigenvalue weighted by molar-refractivity contribution is 5.98. The van der Waals surface area contributed by atoms with Crippen molar-refractivity contribution in [3.05, 3.63) is 59.7 Å². The summed E-state index contributed by atoms with van der Waals surface area (Å²) in [6, 6.07) is 14.0. The largest absolute Gasteiger partial charge is 0.376 e. The van der Waals surface area contributed by atoms with Crippen LogP contribution >= 0.6 is 0 Å². The summed E-state index contributed by atoms with van der Waals surface area (Å²) in [7, 11) is 0. The number of hydrogen-bond donors (Lipinski definition) is 3. The second-order valence-corrected chi connectivity index (χ2v) is 8.70. The van der Waals surface area contributed by atoms with Gasteiger partial charge in [-0.3, -0.25) is 14.4 Å². The third-order valence-corrected chi connectivity index (χ3v) is 5.78. The first-order valence-electron chi connectivity index (χ1n) is 12.4. The average molecular weight is 481 g/mol. The van der Waals surface area contributed by atoms with Crippen molar-refractivity contribution in [2.75, 3.05) is 43.4 Å². The Morgan fingerprint density at radius 3 is 2.37 bits per heavy atom. The molecule has 8 heteroatoms. The van der Waals surface area contributed by atoms with E-state index >= 15 is 0 Å². The van der Waals surface area contributed by atoms with E-state index in [0.29, 0.717) is 36.4 Å². The number of carbonyl (C=O) groups is 3. The topological polar surface area (TPSA) is 99.8 Å². The summed E-state index contributed by atoms with van der Waals surface area (Å²) in [5.74, 6) is -0.398. The molecular formula is C27H36N4O4. The predicted molar refractivity (Wildman–Crippen MR) is 138 cm³/mol. The van der Waals surface area contributed by atoms with Gasteiger partial charge in [0, 0.05) is 48.7 Å². The van der Waals surface area contributed by atoms with E-state index in [4.69, 9.17) is 4.74 Å². The van der Waals surface area contributed by atoms with Crippen LogP contribution in [0.4, 0.5) is 11.4 Å². The smallest absolute Gasteiger partial charge is 0.253 e. The van der Waals surface area contributed by atoms with E-state index in [2.05, 4.69) is 29.8 Å². The summed E-state index contributed by atoms with van der Waals surface area (Å²) in [5.41, 5.74) is 2.43. The number of ether oxygens (including phenoxy) is 1. The number of carbonyl (C=O) groups excluding carboxylic acids is 3. The van der Waals surface area contributed by atoms with Crippen molar-refractivity contribution in [2.45, 2.75) is 45.6 Å². The van der Waals surface area contributed by atoms with Crippen LogP contribution in [0, 0.1) is 0 Å². The highest BCUT2D eigenvalue weighted by atomic mass is 16.5. The van der Waals surface area contributed by atoms with E-state index in [-0.39, 0.29) is 30.4 Å². The molecule has 3 rings (SSSR count). The van der Waals surface area contributed by atoms with Crippen LogP contribution in [0.5, 0.6) is 0 Å². The Morgan fingerprint density at radius 2 is 1.71 bits per heavy atom. The van der Waals surface area contributed by atoms with E-state index < -0.39 is 0 Å². The Kier molecular flexibility index (Phi) is 10.1. The number of hydrogen-bond acceptors (Lipinski definition) is 5. The molecule has 1 saturated heterocycles. The van der Waals surface area contributed by atoms with Gasteiger partial charge in [-0.05, 0) is 68.1 Å². The lowest BCUT2D eigenvalue weighted by Crippen LogP contribution is -2.32. The monoisotopic (exact) mass is 480 g/mol. The van der Waals surface area contributed by atoms with Gasteiger partial charge in [0.15, 0.2) is 0 Å². The summed E-state index contributed by atoms with van der Waals surface area (Å²) in [4.78, 5) is 39.4. The van der Waals surface area contributed by atoms with Crippen LogP contribution in [-0.4, -0.2) is 61.5 Å². The minimum absolute atomic E-state index is 0.0252. The molecular weight excluding hydrogens is 444 g/mol. The molecule has 3 N–H and O–H groups in total. The fourth-order valence-corrected chi connectivity index (χ4v) is 4.01. The van der Waals surface area contributed by atoms with Crippen LogP contribution in [0.2, 0.25) is 0 Å². The van der Waals surface area contributed by atoms with Crippen LogP contribution in [0.15, 0.2) is 48.5 Å². The standard InChI is InChI=1S/C27H36N4O4/c1-3-14-31(15-4-2)27(34)21-7-5-8-23(17-21)30-25(32)19-28-22-12-10-20(11-13-22)26(33)29-18-24-9-6-16-35-24/h5,7-8,10-13,17,24,28H,3-4,6,9,14-16,18-19H2,1-2H3,(H,29,33)(H,30,32). The molecule has 188 valence electrons. The first-order valence-corrected chi connectivity index (χ1v) is 12.4. The summed E-state index contributed by atoms with van der Waals surface area (Å²) in [6.07, 6.45) is 3.91. The van der Waals surface area contributed by atoms with Crippen LogP contribution in [0.25, 0.3) is 0 Å². The molecule has 0 aliphatic carbocycles. The quantitative estimate of drug-likeness (QED) is 0.428. The predicted octanol–water partition coefficient (Wildman–Crippen LogP) is 3.91. The van der Waals surface area contributed by atoms with Gasteiger partial charge < -0.3 is 25.6 Å². The third kappa shape index (κ3) is 8.10. The minimum Gasteiger partial charge on any atom is -0.376 e. The van der Waals surface area contributed by atoms with Gasteiger partial charge in [0.1, 0.15) is 0 Å². The molecule has 1 aliphatic heterocycles. The molecule has 1 unspecified atom stereocenters. The molecule has 0 radical (unpaired) electrons. The zero-order valence-corrected chi connectivity index (χ0v) is 20.6. The van der Waals surface area contributed by atoms with Crippen molar-refractivity contribution >= 4 is 29.1 Å². The SMILES string of the molecule is CCCN(CCC)C(=O)c1cccc(NC(=O)CNc2ccc(C(=O)NCC3CCCO3)cc2)c1. The number of nitrogens with one attached hydrogen (secondary N) is 3. The first-order chi connectivity index (χ1) is 17.0. The molecule has 0 aromatic heterocycles. The maximum atomic E-state index is 12.8. The van der Waals surface area contributed by atoms with Crippen LogP contribution < -0.4 is 16.0 Å². The van der Waals surface area contributed by atoms with Crippen molar-refractivity contribution in [3.8, 4) is 0 Å². The summed E-state index contributed by atoms with van der Waals surface area (Å²) < 4.78 is 5.52. The first kappa shape index (κ1) is 26.2. The van der Waals surface area contributed by atoms with Crippen LogP contribution in [0.1, 0.15) is 60.2 Å². The Balaban J connectivity index is 1.48. The van der Waals surface area contributed by atoms with E-state index in [9.17, 15) is 14.4 Å². The van der Waals surface area contributed by atoms with E-state index in [1.807, 2.05) is 4.90 Å². The van der Waals surface area contributed by atoms with Crippen molar-refractivity contribution in [2.24, 2.45) is 0 Å². The number of amides is 3. The molecule has 2 aromatic rings. The maximum absolute atomic E-state index is 12.8. The Bertz CT molecular complexity index is 981. The van der Waals surface area contributed by atoms with Gasteiger partial charge >= 0.3 is 0 Å². The zero-order chi connectivity index (χ0) is 25.0. The molecule has 1 fully saturated rings. The number of nitrogens with zero attached hydrogens (tertiary/aromatic N) is 1. The van der Waals surface area contributed by atoms with E-state index in [0.717, 1.165) is 38.0 Å². The summed E-state index contributed by atoms with van der Waals surface area (Å²) >= 11 is 0. The molecule has 0 bridgehead atoms. The third-order valence-electron chi connectivity index (χ3n) is 5.78. The van der Waals surface area contributed by atoms with Gasteiger partial charge in [-0.1, -0.05) is 19.9 Å². The fourth-order valence-electron chi connectivity index (χ4n) is 4.01. The van der Waals surface area contributed by atoms with Gasteiger partial charge in [0.2, 0.25) is 5.91 Å². The van der Waals surface area contributed by atoms with E-state index in [1.54, 1.807) is 48.5 Å². The van der Waals surface area contributed by atoms with Gasteiger partial charge in [0.25, 0.3) is 11.8 Å². The molecule has 1 heterocycles. The number of benzene rings is 2. The second kappa shape index (κ2) is 13.5. The Labute approximate surface area is 207 Å². The summed E-state index contributed by atoms with van der Waals surface area (Å²) in [5, 5.41) is 8.79. The molecule has 0 spiro atoms. The molecule has 3 amide bonds. The van der Waals surface area contributed by atoms with Crippen molar-refractivity contribution in [1.29, 1.82) is 0 Å². The zero-order valence-electron chi connectivity index (χ0n) is 20.6. The molecule has 1 aliphatic rings. The second-order valence-electron chi connectivity index (χ2n) is 8.70. The molecule has 1 atom stereocenters. The highest BCUT2D eigenvalue weighted by Gasteiger charge is 2.17. The molecule has 0 saturated carbocycles. The van der Waals surface area contributed by atoms with Gasteiger partial charge in [0.05, 0.1) is 12.6 Å². The normalized spacial score (nSPS) is 14.9. The average Bonchev–Trinajstić information content (AvgIpc) is 3.40. The van der Waals surface area contributed by atoms with Crippen LogP contribution in [-0.2, 0) is 9.53 Å². The summed E-state index contributed by atoms with van der Waals surface area (Å²) in [6.45, 7) is 6.85. The van der Waals surface area contributed by atoms with Gasteiger partial charge in [-0.2, -0.15) is 0 Å². The lowest BCUT2D eigenvalue weighted by molar-refractivity contribution is -0.114.